The summed E-state index contributed by atoms with van der Waals surface area (Å²) in [5.41, 5.74) is 2.20. The molecule has 8 nitrogen and oxygen atoms in total. The molecule has 1 unspecified atom stereocenters. The predicted molar refractivity (Wildman–Crippen MR) is 86.8 cm³/mol. The first-order chi connectivity index (χ1) is 12.1. The molecule has 2 fully saturated rings. The van der Waals surface area contributed by atoms with Crippen molar-refractivity contribution in [3.05, 3.63) is 47.7 Å². The van der Waals surface area contributed by atoms with Crippen molar-refractivity contribution >= 4 is 5.65 Å². The Hall–Kier alpha value is -2.29. The van der Waals surface area contributed by atoms with Gasteiger partial charge in [-0.15, -0.1) is 5.10 Å². The fraction of sp³-hybridized carbons (Fsp3) is 0.471. The van der Waals surface area contributed by atoms with Gasteiger partial charge in [-0.3, -0.25) is 0 Å². The molecule has 5 rings (SSSR count). The SMILES string of the molecule is Cc1ccc2nc(Cn3cc(C4(O)CC[C@H]5CO[C@@H]4O5)nn3)cn2c1. The van der Waals surface area contributed by atoms with Crippen LogP contribution in [0.15, 0.2) is 30.7 Å². The van der Waals surface area contributed by atoms with Gasteiger partial charge in [-0.2, -0.15) is 0 Å². The lowest BCUT2D eigenvalue weighted by Crippen LogP contribution is -2.44. The Balaban J connectivity index is 1.40. The van der Waals surface area contributed by atoms with Crippen molar-refractivity contribution in [3.8, 4) is 0 Å². The Morgan fingerprint density at radius 3 is 3.16 bits per heavy atom. The minimum atomic E-state index is -1.23. The van der Waals surface area contributed by atoms with Gasteiger partial charge in [-0.05, 0) is 31.4 Å². The third-order valence-corrected chi connectivity index (χ3v) is 4.94. The van der Waals surface area contributed by atoms with E-state index >= 15 is 0 Å². The molecule has 3 atom stereocenters. The molecule has 2 aliphatic rings. The third-order valence-electron chi connectivity index (χ3n) is 4.94. The molecule has 0 aliphatic carbocycles. The predicted octanol–water partition coefficient (Wildman–Crippen LogP) is 1.01. The molecular formula is C17H19N5O3. The zero-order chi connectivity index (χ0) is 17.0. The quantitative estimate of drug-likeness (QED) is 0.765. The number of hydrogen-bond donors (Lipinski definition) is 1. The number of imidazole rings is 1. The Labute approximate surface area is 144 Å². The molecule has 0 radical (unpaired) electrons. The molecule has 8 heteroatoms. The van der Waals surface area contributed by atoms with Gasteiger partial charge >= 0.3 is 0 Å². The number of aryl methyl sites for hydroxylation is 1. The van der Waals surface area contributed by atoms with Gasteiger partial charge in [0.15, 0.2) is 11.9 Å². The molecule has 0 amide bonds. The first-order valence-corrected chi connectivity index (χ1v) is 8.44. The van der Waals surface area contributed by atoms with Gasteiger partial charge in [-0.1, -0.05) is 11.3 Å². The molecule has 0 saturated carbocycles. The summed E-state index contributed by atoms with van der Waals surface area (Å²) in [7, 11) is 0. The number of pyridine rings is 1. The van der Waals surface area contributed by atoms with E-state index in [9.17, 15) is 5.11 Å². The fourth-order valence-electron chi connectivity index (χ4n) is 3.57. The Kier molecular flexibility index (Phi) is 3.21. The molecule has 130 valence electrons. The van der Waals surface area contributed by atoms with Crippen LogP contribution in [0.3, 0.4) is 0 Å². The highest BCUT2D eigenvalue weighted by Gasteiger charge is 2.51. The lowest BCUT2D eigenvalue weighted by atomic mass is 9.90. The van der Waals surface area contributed by atoms with Gasteiger partial charge in [0.05, 0.1) is 31.1 Å². The van der Waals surface area contributed by atoms with Gasteiger partial charge in [0.1, 0.15) is 11.3 Å². The number of nitrogens with zero attached hydrogens (tertiary/aromatic N) is 5. The smallest absolute Gasteiger partial charge is 0.192 e. The highest BCUT2D eigenvalue weighted by Crippen LogP contribution is 2.40. The summed E-state index contributed by atoms with van der Waals surface area (Å²) in [6.07, 6.45) is 6.51. The van der Waals surface area contributed by atoms with Crippen molar-refractivity contribution in [2.45, 2.75) is 44.3 Å². The minimum Gasteiger partial charge on any atom is -0.378 e. The zero-order valence-electron chi connectivity index (χ0n) is 13.9. The topological polar surface area (TPSA) is 86.7 Å². The normalized spacial score (nSPS) is 28.7. The molecule has 3 aromatic heterocycles. The number of aromatic nitrogens is 5. The molecule has 2 aliphatic heterocycles. The van der Waals surface area contributed by atoms with Crippen molar-refractivity contribution in [1.82, 2.24) is 24.4 Å². The lowest BCUT2D eigenvalue weighted by Gasteiger charge is -2.34. The van der Waals surface area contributed by atoms with Crippen LogP contribution in [0, 0.1) is 6.92 Å². The maximum Gasteiger partial charge on any atom is 0.192 e. The average molecular weight is 341 g/mol. The van der Waals surface area contributed by atoms with E-state index in [2.05, 4.69) is 15.3 Å². The Morgan fingerprint density at radius 1 is 1.32 bits per heavy atom. The first kappa shape index (κ1) is 15.0. The van der Waals surface area contributed by atoms with E-state index in [4.69, 9.17) is 9.47 Å². The molecule has 0 aromatic carbocycles. The van der Waals surface area contributed by atoms with Crippen molar-refractivity contribution in [3.63, 3.8) is 0 Å². The average Bonchev–Trinajstić information content (AvgIpc) is 3.30. The zero-order valence-corrected chi connectivity index (χ0v) is 13.9. The second-order valence-electron chi connectivity index (χ2n) is 6.89. The second-order valence-corrected chi connectivity index (χ2v) is 6.89. The number of rotatable bonds is 3. The van der Waals surface area contributed by atoms with Crippen LogP contribution in [0.25, 0.3) is 5.65 Å². The monoisotopic (exact) mass is 341 g/mol. The van der Waals surface area contributed by atoms with Gasteiger partial charge in [0.2, 0.25) is 0 Å². The van der Waals surface area contributed by atoms with Crippen LogP contribution in [0.2, 0.25) is 0 Å². The maximum atomic E-state index is 11.0. The standard InChI is InChI=1S/C17H19N5O3/c1-11-2-3-15-18-12(7-21(15)6-11)8-22-9-14(19-20-22)17(23)5-4-13-10-24-16(17)25-13/h2-3,6-7,9,13,16,23H,4-5,8,10H2,1H3/t13-,16+,17?/m0/s1. The number of hydrogen-bond acceptors (Lipinski definition) is 6. The van der Waals surface area contributed by atoms with Crippen LogP contribution < -0.4 is 0 Å². The summed E-state index contributed by atoms with van der Waals surface area (Å²) < 4.78 is 14.9. The molecule has 5 heterocycles. The van der Waals surface area contributed by atoms with E-state index in [1.807, 2.05) is 35.9 Å². The summed E-state index contributed by atoms with van der Waals surface area (Å²) in [6, 6.07) is 4.02. The molecular weight excluding hydrogens is 322 g/mol. The van der Waals surface area contributed by atoms with Gasteiger partial charge < -0.3 is 19.0 Å². The number of ether oxygens (including phenoxy) is 2. The Bertz CT molecular complexity index is 935. The second kappa shape index (κ2) is 5.35. The van der Waals surface area contributed by atoms with Crippen LogP contribution in [0.5, 0.6) is 0 Å². The fourth-order valence-corrected chi connectivity index (χ4v) is 3.57. The van der Waals surface area contributed by atoms with E-state index in [1.165, 1.54) is 5.56 Å². The molecule has 1 N–H and O–H groups in total. The van der Waals surface area contributed by atoms with Crippen LogP contribution in [0.4, 0.5) is 0 Å². The highest BCUT2D eigenvalue weighted by molar-refractivity contribution is 5.41. The van der Waals surface area contributed by atoms with Crippen molar-refractivity contribution in [2.75, 3.05) is 6.61 Å². The third kappa shape index (κ3) is 2.45. The summed E-state index contributed by atoms with van der Waals surface area (Å²) in [4.78, 5) is 4.59. The molecule has 0 spiro atoms. The van der Waals surface area contributed by atoms with Crippen LogP contribution in [-0.4, -0.2) is 48.5 Å². The van der Waals surface area contributed by atoms with E-state index in [1.54, 1.807) is 10.9 Å². The first-order valence-electron chi connectivity index (χ1n) is 8.44. The summed E-state index contributed by atoms with van der Waals surface area (Å²) in [6.45, 7) is 3.06. The van der Waals surface area contributed by atoms with E-state index in [0.29, 0.717) is 25.3 Å². The van der Waals surface area contributed by atoms with E-state index in [-0.39, 0.29) is 6.10 Å². The van der Waals surface area contributed by atoms with Gasteiger partial charge in [-0.25, -0.2) is 9.67 Å². The van der Waals surface area contributed by atoms with Crippen LogP contribution in [0.1, 0.15) is 29.8 Å². The van der Waals surface area contributed by atoms with Gasteiger partial charge in [0.25, 0.3) is 0 Å². The summed E-state index contributed by atoms with van der Waals surface area (Å²) >= 11 is 0. The Morgan fingerprint density at radius 2 is 2.24 bits per heavy atom. The highest BCUT2D eigenvalue weighted by atomic mass is 16.7. The minimum absolute atomic E-state index is 0.0850. The molecule has 2 bridgehead atoms. The molecule has 2 saturated heterocycles. The van der Waals surface area contributed by atoms with Gasteiger partial charge in [0, 0.05) is 12.4 Å². The number of aliphatic hydroxyl groups is 1. The maximum absolute atomic E-state index is 11.0. The van der Waals surface area contributed by atoms with Crippen LogP contribution >= 0.6 is 0 Å². The number of fused-ring (bicyclic) bond motifs is 3. The van der Waals surface area contributed by atoms with Crippen molar-refractivity contribution in [1.29, 1.82) is 0 Å². The summed E-state index contributed by atoms with van der Waals surface area (Å²) in [5.74, 6) is 0. The van der Waals surface area contributed by atoms with E-state index < -0.39 is 11.9 Å². The van der Waals surface area contributed by atoms with Crippen molar-refractivity contribution < 1.29 is 14.6 Å². The van der Waals surface area contributed by atoms with Crippen LogP contribution in [-0.2, 0) is 21.6 Å². The summed E-state index contributed by atoms with van der Waals surface area (Å²) in [5, 5.41) is 19.3. The molecule has 3 aromatic rings. The van der Waals surface area contributed by atoms with Crippen molar-refractivity contribution in [2.24, 2.45) is 0 Å². The molecule has 25 heavy (non-hydrogen) atoms. The van der Waals surface area contributed by atoms with E-state index in [0.717, 1.165) is 17.8 Å². The lowest BCUT2D eigenvalue weighted by molar-refractivity contribution is -0.219. The largest absolute Gasteiger partial charge is 0.378 e.